The second-order valence-electron chi connectivity index (χ2n) is 9.61. The molecular formula is C30H34N2O4S2. The average Bonchev–Trinajstić information content (AvgIpc) is 3.56. The Balaban J connectivity index is 0.000000135. The Morgan fingerprint density at radius 3 is 2.08 bits per heavy atom. The van der Waals surface area contributed by atoms with Gasteiger partial charge >= 0.3 is 0 Å². The summed E-state index contributed by atoms with van der Waals surface area (Å²) in [6.07, 6.45) is 3.96. The van der Waals surface area contributed by atoms with Crippen molar-refractivity contribution in [1.29, 1.82) is 0 Å². The van der Waals surface area contributed by atoms with Crippen LogP contribution in [0.3, 0.4) is 0 Å². The van der Waals surface area contributed by atoms with Crippen LogP contribution in [0.5, 0.6) is 0 Å². The first kappa shape index (κ1) is 27.9. The molecule has 3 aromatic rings. The van der Waals surface area contributed by atoms with Crippen molar-refractivity contribution in [1.82, 2.24) is 0 Å². The molecule has 38 heavy (non-hydrogen) atoms. The van der Waals surface area contributed by atoms with E-state index < -0.39 is 9.84 Å². The Morgan fingerprint density at radius 1 is 0.737 bits per heavy atom. The van der Waals surface area contributed by atoms with Crippen molar-refractivity contribution < 1.29 is 18.1 Å². The Morgan fingerprint density at radius 2 is 1.34 bits per heavy atom. The molecule has 200 valence electrons. The molecule has 0 spiro atoms. The van der Waals surface area contributed by atoms with Crippen LogP contribution >= 0.6 is 11.8 Å². The number of nitrogens with zero attached hydrogens (tertiary/aromatic N) is 2. The minimum atomic E-state index is -3.20. The van der Waals surface area contributed by atoms with Gasteiger partial charge in [-0.1, -0.05) is 57.3 Å². The first-order valence-electron chi connectivity index (χ1n) is 12.6. The maximum atomic E-state index is 11.7. The van der Waals surface area contributed by atoms with Crippen LogP contribution in [0.1, 0.15) is 45.4 Å². The van der Waals surface area contributed by atoms with Crippen molar-refractivity contribution in [3.63, 3.8) is 0 Å². The molecule has 2 heterocycles. The predicted molar refractivity (Wildman–Crippen MR) is 155 cm³/mol. The van der Waals surface area contributed by atoms with Gasteiger partial charge in [-0.25, -0.2) is 8.42 Å². The van der Waals surface area contributed by atoms with Gasteiger partial charge < -0.3 is 9.68 Å². The summed E-state index contributed by atoms with van der Waals surface area (Å²) in [7, 11) is -0.206. The topological polar surface area (TPSA) is 77.3 Å². The van der Waals surface area contributed by atoms with Gasteiger partial charge in [0.2, 0.25) is 0 Å². The molecule has 0 saturated carbocycles. The first-order chi connectivity index (χ1) is 18.2. The van der Waals surface area contributed by atoms with Crippen LogP contribution in [0.2, 0.25) is 0 Å². The summed E-state index contributed by atoms with van der Waals surface area (Å²) < 4.78 is 23.4. The smallest absolute Gasteiger partial charge is 0.184 e. The van der Waals surface area contributed by atoms with Gasteiger partial charge in [-0.15, -0.1) is 11.8 Å². The van der Waals surface area contributed by atoms with Crippen LogP contribution in [0, 0.1) is 20.8 Å². The highest BCUT2D eigenvalue weighted by Crippen LogP contribution is 2.32. The van der Waals surface area contributed by atoms with Crippen molar-refractivity contribution in [3.8, 4) is 0 Å². The van der Waals surface area contributed by atoms with Gasteiger partial charge in [0.25, 0.3) is 0 Å². The Hall–Kier alpha value is -3.10. The fourth-order valence-electron chi connectivity index (χ4n) is 4.77. The lowest BCUT2D eigenvalue weighted by molar-refractivity contribution is 0.213. The first-order valence-corrected chi connectivity index (χ1v) is 15.2. The van der Waals surface area contributed by atoms with Gasteiger partial charge in [0.1, 0.15) is 25.7 Å². The minimum absolute atomic E-state index is 0.0698. The molecular weight excluding hydrogens is 516 g/mol. The molecule has 1 aliphatic carbocycles. The number of hydrogen-bond acceptors (Lipinski definition) is 7. The zero-order valence-corrected chi connectivity index (χ0v) is 24.2. The van der Waals surface area contributed by atoms with E-state index in [0.29, 0.717) is 16.2 Å². The standard InChI is InChI=1S/C10H11NO3S.C10H11NOS.C10H12/c1-7-3-4-10-8(5-7)9(11-14-2)6-15(10,12)13;1-7-3-4-10-8(5-7)9(6-13-10)11-12-2;1-8-5-6-9-3-2-4-10(9)7-8/h3-5H,6H2,1-2H3;3-5H,6H2,1-2H3;5-7H,2-4H2,1H3/b2*11-9-;. The molecule has 0 unspecified atom stereocenters. The number of thioether (sulfide) groups is 1. The SMILES string of the molecule is CO/N=C1/CS(=O)(=O)c2ccc(C)cc21.CO/N=C1/CSc2ccc(C)cc21.Cc1ccc2c(c1)CCC2. The number of fused-ring (bicyclic) bond motifs is 3. The highest BCUT2D eigenvalue weighted by Gasteiger charge is 2.32. The molecule has 0 radical (unpaired) electrons. The lowest BCUT2D eigenvalue weighted by atomic mass is 10.1. The van der Waals surface area contributed by atoms with E-state index in [4.69, 9.17) is 4.84 Å². The molecule has 0 atom stereocenters. The maximum Gasteiger partial charge on any atom is 0.184 e. The van der Waals surface area contributed by atoms with E-state index in [2.05, 4.69) is 65.4 Å². The van der Waals surface area contributed by atoms with Gasteiger partial charge in [0.05, 0.1) is 10.6 Å². The van der Waals surface area contributed by atoms with E-state index in [1.165, 1.54) is 48.0 Å². The van der Waals surface area contributed by atoms with E-state index in [-0.39, 0.29) is 5.75 Å². The van der Waals surface area contributed by atoms with Crippen molar-refractivity contribution >= 4 is 33.0 Å². The van der Waals surface area contributed by atoms with E-state index >= 15 is 0 Å². The Labute approximate surface area is 230 Å². The summed E-state index contributed by atoms with van der Waals surface area (Å²) in [5, 5.41) is 7.74. The number of hydrogen-bond donors (Lipinski definition) is 0. The summed E-state index contributed by atoms with van der Waals surface area (Å²) >= 11 is 1.81. The average molecular weight is 551 g/mol. The van der Waals surface area contributed by atoms with Crippen molar-refractivity contribution in [2.45, 2.75) is 49.8 Å². The van der Waals surface area contributed by atoms with Crippen LogP contribution in [-0.2, 0) is 32.4 Å². The van der Waals surface area contributed by atoms with E-state index in [9.17, 15) is 8.42 Å². The normalized spacial score (nSPS) is 18.0. The number of aryl methyl sites for hydroxylation is 5. The molecule has 0 N–H and O–H groups in total. The summed E-state index contributed by atoms with van der Waals surface area (Å²) in [6.45, 7) is 6.17. The lowest BCUT2D eigenvalue weighted by Crippen LogP contribution is -2.05. The predicted octanol–water partition coefficient (Wildman–Crippen LogP) is 6.07. The van der Waals surface area contributed by atoms with Crippen molar-refractivity contribution in [3.05, 3.63) is 93.5 Å². The fourth-order valence-corrected chi connectivity index (χ4v) is 7.27. The van der Waals surface area contributed by atoms with Gasteiger partial charge in [-0.3, -0.25) is 0 Å². The molecule has 6 nitrogen and oxygen atoms in total. The molecule has 2 aliphatic heterocycles. The molecule has 3 aliphatic rings. The highest BCUT2D eigenvalue weighted by atomic mass is 32.2. The highest BCUT2D eigenvalue weighted by molar-refractivity contribution is 8.00. The van der Waals surface area contributed by atoms with Crippen molar-refractivity contribution in [2.75, 3.05) is 25.7 Å². The van der Waals surface area contributed by atoms with Crippen LogP contribution < -0.4 is 0 Å². The fraction of sp³-hybridized carbons (Fsp3) is 0.333. The van der Waals surface area contributed by atoms with Crippen LogP contribution in [0.25, 0.3) is 0 Å². The monoisotopic (exact) mass is 550 g/mol. The Bertz CT molecular complexity index is 1490. The van der Waals surface area contributed by atoms with E-state index in [1.54, 1.807) is 30.4 Å². The largest absolute Gasteiger partial charge is 0.399 e. The number of benzene rings is 3. The second kappa shape index (κ2) is 12.2. The third kappa shape index (κ3) is 6.48. The van der Waals surface area contributed by atoms with Crippen LogP contribution in [0.4, 0.5) is 0 Å². The van der Waals surface area contributed by atoms with Gasteiger partial charge in [0.15, 0.2) is 9.84 Å². The molecule has 0 bridgehead atoms. The molecule has 8 heteroatoms. The summed E-state index contributed by atoms with van der Waals surface area (Å²) in [5.41, 5.74) is 10.3. The molecule has 0 amide bonds. The minimum Gasteiger partial charge on any atom is -0.399 e. The third-order valence-electron chi connectivity index (χ3n) is 6.58. The third-order valence-corrected chi connectivity index (χ3v) is 9.34. The lowest BCUT2D eigenvalue weighted by Gasteiger charge is -1.99. The molecule has 0 fully saturated rings. The molecule has 0 aromatic heterocycles. The summed E-state index contributed by atoms with van der Waals surface area (Å²) in [4.78, 5) is 11.1. The van der Waals surface area contributed by atoms with Crippen molar-refractivity contribution in [2.24, 2.45) is 10.3 Å². The number of sulfone groups is 1. The zero-order chi connectivity index (χ0) is 27.3. The number of oxime groups is 2. The molecule has 6 rings (SSSR count). The maximum absolute atomic E-state index is 11.7. The van der Waals surface area contributed by atoms with E-state index in [1.807, 2.05) is 24.8 Å². The van der Waals surface area contributed by atoms with Gasteiger partial charge in [-0.05, 0) is 75.4 Å². The second-order valence-corrected chi connectivity index (χ2v) is 12.6. The summed E-state index contributed by atoms with van der Waals surface area (Å²) in [5.74, 6) is 0.853. The van der Waals surface area contributed by atoms with Gasteiger partial charge in [-0.2, -0.15) is 0 Å². The van der Waals surface area contributed by atoms with E-state index in [0.717, 1.165) is 17.0 Å². The molecule has 3 aromatic carbocycles. The van der Waals surface area contributed by atoms with Crippen LogP contribution in [-0.4, -0.2) is 45.6 Å². The number of rotatable bonds is 2. The zero-order valence-electron chi connectivity index (χ0n) is 22.6. The van der Waals surface area contributed by atoms with Gasteiger partial charge in [0, 0.05) is 21.8 Å². The quantitative estimate of drug-likeness (QED) is 0.362. The molecule has 0 saturated heterocycles. The Kier molecular flexibility index (Phi) is 8.95. The summed E-state index contributed by atoms with van der Waals surface area (Å²) in [6, 6.07) is 18.5. The van der Waals surface area contributed by atoms with Crippen LogP contribution in [0.15, 0.2) is 74.7 Å².